The topological polar surface area (TPSA) is 49.6 Å². The molecule has 1 spiro atoms. The van der Waals surface area contributed by atoms with Gasteiger partial charge in [-0.25, -0.2) is 0 Å². The first-order chi connectivity index (χ1) is 15.6. The molecule has 1 saturated heterocycles. The molecule has 4 nitrogen and oxygen atoms in total. The van der Waals surface area contributed by atoms with Gasteiger partial charge in [-0.15, -0.1) is 0 Å². The molecule has 5 aliphatic rings. The molecule has 0 radical (unpaired) electrons. The smallest absolute Gasteiger partial charge is 0.239 e. The number of hydrogen-bond donors (Lipinski definition) is 1. The molecule has 3 saturated carbocycles. The zero-order valence-corrected chi connectivity index (χ0v) is 22.1. The average molecular weight is 456 g/mol. The number of fused-ring (bicyclic) bond motifs is 4. The van der Waals surface area contributed by atoms with Gasteiger partial charge in [0.2, 0.25) is 5.91 Å². The van der Waals surface area contributed by atoms with Crippen molar-refractivity contribution in [1.29, 1.82) is 0 Å². The Morgan fingerprint density at radius 3 is 2.67 bits per heavy atom. The lowest BCUT2D eigenvalue weighted by Gasteiger charge is -2.58. The van der Waals surface area contributed by atoms with Crippen LogP contribution in [0.5, 0.6) is 0 Å². The van der Waals surface area contributed by atoms with Crippen LogP contribution in [0.3, 0.4) is 0 Å². The summed E-state index contributed by atoms with van der Waals surface area (Å²) in [6, 6.07) is 0.718. The summed E-state index contributed by atoms with van der Waals surface area (Å²) in [4.78, 5) is 17.8. The summed E-state index contributed by atoms with van der Waals surface area (Å²) >= 11 is 0. The van der Waals surface area contributed by atoms with E-state index in [0.717, 1.165) is 49.0 Å². The van der Waals surface area contributed by atoms with Gasteiger partial charge in [0, 0.05) is 25.7 Å². The quantitative estimate of drug-likeness (QED) is 0.602. The molecule has 0 bridgehead atoms. The number of carbonyl (C=O) groups excluding carboxylic acids is 1. The van der Waals surface area contributed by atoms with Gasteiger partial charge < -0.3 is 15.5 Å². The highest BCUT2D eigenvalue weighted by atomic mass is 16.2. The van der Waals surface area contributed by atoms with Gasteiger partial charge in [-0.3, -0.25) is 4.79 Å². The summed E-state index contributed by atoms with van der Waals surface area (Å²) in [5.74, 6) is 3.97. The molecule has 0 aromatic rings. The van der Waals surface area contributed by atoms with E-state index in [1.807, 2.05) is 11.9 Å². The molecule has 1 heterocycles. The second-order valence-electron chi connectivity index (χ2n) is 13.1. The minimum absolute atomic E-state index is 0.142. The Balaban J connectivity index is 1.33. The third-order valence-electron chi connectivity index (χ3n) is 12.1. The van der Waals surface area contributed by atoms with E-state index < -0.39 is 0 Å². The maximum atomic E-state index is 13.1. The van der Waals surface area contributed by atoms with Gasteiger partial charge in [-0.2, -0.15) is 0 Å². The lowest BCUT2D eigenvalue weighted by atomic mass is 9.47. The van der Waals surface area contributed by atoms with Crippen molar-refractivity contribution in [3.05, 3.63) is 11.6 Å². The van der Waals surface area contributed by atoms with Crippen LogP contribution in [-0.2, 0) is 4.79 Å². The number of nitrogens with two attached hydrogens (primary N) is 1. The van der Waals surface area contributed by atoms with Crippen molar-refractivity contribution in [3.8, 4) is 0 Å². The number of amides is 1. The standard InChI is InChI=1S/C29H49N3O/c1-7-18(2)26(30)27(33)32(6)21-12-14-28(4)20(16-21)8-9-22-24(28)13-15-29-17-31(5)19(3)23(29)10-11-25(22)29/h8,18-19,21-26H,7,9-17,30H2,1-6H3. The molecule has 10 atom stereocenters. The third-order valence-corrected chi connectivity index (χ3v) is 12.1. The third kappa shape index (κ3) is 3.40. The predicted octanol–water partition coefficient (Wildman–Crippen LogP) is 5.08. The van der Waals surface area contributed by atoms with Gasteiger partial charge in [0.1, 0.15) is 0 Å². The molecule has 4 heteroatoms. The summed E-state index contributed by atoms with van der Waals surface area (Å²) in [6.07, 6.45) is 14.1. The first-order valence-electron chi connectivity index (χ1n) is 14.1. The molecule has 0 aromatic carbocycles. The molecule has 2 N–H and O–H groups in total. The molecule has 4 aliphatic carbocycles. The summed E-state index contributed by atoms with van der Waals surface area (Å²) < 4.78 is 0. The van der Waals surface area contributed by atoms with E-state index in [2.05, 4.69) is 45.7 Å². The van der Waals surface area contributed by atoms with E-state index in [1.165, 1.54) is 45.1 Å². The number of rotatable bonds is 4. The lowest BCUT2D eigenvalue weighted by Crippen LogP contribution is -2.54. The van der Waals surface area contributed by atoms with Crippen molar-refractivity contribution in [2.75, 3.05) is 20.6 Å². The fourth-order valence-electron chi connectivity index (χ4n) is 9.69. The number of likely N-dealkylation sites (N-methyl/N-ethyl adjacent to an activating group) is 1. The highest BCUT2D eigenvalue weighted by Crippen LogP contribution is 2.68. The van der Waals surface area contributed by atoms with E-state index >= 15 is 0 Å². The summed E-state index contributed by atoms with van der Waals surface area (Å²) in [5.41, 5.74) is 8.94. The second-order valence-corrected chi connectivity index (χ2v) is 13.1. The van der Waals surface area contributed by atoms with Gasteiger partial charge in [0.15, 0.2) is 0 Å². The second kappa shape index (κ2) is 8.36. The minimum Gasteiger partial charge on any atom is -0.341 e. The largest absolute Gasteiger partial charge is 0.341 e. The van der Waals surface area contributed by atoms with Crippen molar-refractivity contribution in [1.82, 2.24) is 9.80 Å². The normalized spacial score (nSPS) is 46.5. The van der Waals surface area contributed by atoms with Crippen LogP contribution in [0.25, 0.3) is 0 Å². The molecule has 0 aromatic heterocycles. The Labute approximate surface area is 202 Å². The molecule has 186 valence electrons. The first kappa shape index (κ1) is 23.9. The van der Waals surface area contributed by atoms with E-state index in [4.69, 9.17) is 5.73 Å². The zero-order valence-electron chi connectivity index (χ0n) is 22.1. The Kier molecular flexibility index (Phi) is 6.04. The van der Waals surface area contributed by atoms with Crippen LogP contribution in [0.1, 0.15) is 85.5 Å². The molecular weight excluding hydrogens is 406 g/mol. The van der Waals surface area contributed by atoms with E-state index in [1.54, 1.807) is 5.57 Å². The van der Waals surface area contributed by atoms with Crippen molar-refractivity contribution in [2.24, 2.45) is 46.2 Å². The Bertz CT molecular complexity index is 809. The molecular formula is C29H49N3O. The van der Waals surface area contributed by atoms with Gasteiger partial charge in [-0.1, -0.05) is 38.8 Å². The van der Waals surface area contributed by atoms with E-state index in [0.29, 0.717) is 16.9 Å². The molecule has 1 aliphatic heterocycles. The SMILES string of the molecule is CCC(C)C(N)C(=O)N(C)C1CCC2(C)C(=CCC3C2CCC24CN(C)C(C)C2CCC34)C1. The van der Waals surface area contributed by atoms with Gasteiger partial charge in [0.05, 0.1) is 6.04 Å². The number of carbonyl (C=O) groups is 1. The van der Waals surface area contributed by atoms with Gasteiger partial charge in [0.25, 0.3) is 0 Å². The van der Waals surface area contributed by atoms with Crippen LogP contribution in [0, 0.1) is 40.4 Å². The lowest BCUT2D eigenvalue weighted by molar-refractivity contribution is -0.135. The van der Waals surface area contributed by atoms with Crippen LogP contribution >= 0.6 is 0 Å². The molecule has 1 amide bonds. The fourth-order valence-corrected chi connectivity index (χ4v) is 9.69. The molecule has 10 unspecified atom stereocenters. The number of allylic oxidation sites excluding steroid dienone is 1. The Morgan fingerprint density at radius 1 is 1.21 bits per heavy atom. The number of nitrogens with zero attached hydrogens (tertiary/aromatic N) is 2. The average Bonchev–Trinajstić information content (AvgIpc) is 3.30. The molecule has 33 heavy (non-hydrogen) atoms. The van der Waals surface area contributed by atoms with Crippen LogP contribution in [-0.4, -0.2) is 54.5 Å². The van der Waals surface area contributed by atoms with Gasteiger partial charge >= 0.3 is 0 Å². The monoisotopic (exact) mass is 455 g/mol. The van der Waals surface area contributed by atoms with Crippen molar-refractivity contribution in [2.45, 2.75) is 104 Å². The molecule has 5 rings (SSSR count). The maximum Gasteiger partial charge on any atom is 0.239 e. The van der Waals surface area contributed by atoms with E-state index in [-0.39, 0.29) is 17.9 Å². The van der Waals surface area contributed by atoms with Crippen LogP contribution in [0.2, 0.25) is 0 Å². The summed E-state index contributed by atoms with van der Waals surface area (Å²) in [7, 11) is 4.37. The van der Waals surface area contributed by atoms with Crippen LogP contribution in [0.15, 0.2) is 11.6 Å². The highest BCUT2D eigenvalue weighted by molar-refractivity contribution is 5.82. The first-order valence-corrected chi connectivity index (χ1v) is 14.1. The molecule has 4 fully saturated rings. The number of likely N-dealkylation sites (tertiary alicyclic amines) is 1. The maximum absolute atomic E-state index is 13.1. The highest BCUT2D eigenvalue weighted by Gasteiger charge is 2.64. The summed E-state index contributed by atoms with van der Waals surface area (Å²) in [5, 5.41) is 0. The zero-order chi connectivity index (χ0) is 23.7. The van der Waals surface area contributed by atoms with Crippen molar-refractivity contribution in [3.63, 3.8) is 0 Å². The van der Waals surface area contributed by atoms with Crippen molar-refractivity contribution < 1.29 is 4.79 Å². The van der Waals surface area contributed by atoms with Gasteiger partial charge in [-0.05, 0) is 106 Å². The Hall–Kier alpha value is -0.870. The minimum atomic E-state index is -0.366. The predicted molar refractivity (Wildman–Crippen MR) is 136 cm³/mol. The fraction of sp³-hybridized carbons (Fsp3) is 0.897. The van der Waals surface area contributed by atoms with Crippen LogP contribution < -0.4 is 5.73 Å². The number of hydrogen-bond acceptors (Lipinski definition) is 3. The van der Waals surface area contributed by atoms with Crippen molar-refractivity contribution >= 4 is 5.91 Å². The van der Waals surface area contributed by atoms with Crippen LogP contribution in [0.4, 0.5) is 0 Å². The summed E-state index contributed by atoms with van der Waals surface area (Å²) in [6.45, 7) is 10.6. The van der Waals surface area contributed by atoms with E-state index in [9.17, 15) is 4.79 Å². The Morgan fingerprint density at radius 2 is 1.94 bits per heavy atom.